The van der Waals surface area contributed by atoms with E-state index in [2.05, 4.69) is 15.9 Å². The predicted molar refractivity (Wildman–Crippen MR) is 94.9 cm³/mol. The monoisotopic (exact) mass is 353 g/mol. The Labute approximate surface area is 146 Å². The van der Waals surface area contributed by atoms with Gasteiger partial charge < -0.3 is 20.6 Å². The molecule has 0 spiro atoms. The molecule has 0 radical (unpaired) electrons. The van der Waals surface area contributed by atoms with E-state index in [4.69, 9.17) is 16.3 Å². The van der Waals surface area contributed by atoms with Crippen molar-refractivity contribution >= 4 is 43.2 Å². The molecule has 0 aliphatic heterocycles. The maximum Gasteiger partial charge on any atom is 0.408 e. The number of hydrogen-bond acceptors (Lipinski definition) is 4. The van der Waals surface area contributed by atoms with Crippen molar-refractivity contribution in [3.05, 3.63) is 28.8 Å². The van der Waals surface area contributed by atoms with E-state index in [1.807, 2.05) is 0 Å². The van der Waals surface area contributed by atoms with E-state index in [9.17, 15) is 14.4 Å². The first-order chi connectivity index (χ1) is 11.0. The SMILES string of the molecule is BNC(=O)c1c(Cl)cccc1NC(=O)[C@H](C)NC(=O)OC(C)(C)C. The van der Waals surface area contributed by atoms with E-state index in [-0.39, 0.29) is 16.3 Å². The molecule has 0 aliphatic carbocycles. The largest absolute Gasteiger partial charge is 0.444 e. The summed E-state index contributed by atoms with van der Waals surface area (Å²) in [5.41, 5.74) is -0.260. The summed E-state index contributed by atoms with van der Waals surface area (Å²) >= 11 is 6.02. The highest BCUT2D eigenvalue weighted by Gasteiger charge is 2.22. The van der Waals surface area contributed by atoms with E-state index in [0.29, 0.717) is 0 Å². The third-order valence-corrected chi connectivity index (χ3v) is 3.17. The van der Waals surface area contributed by atoms with Crippen LogP contribution >= 0.6 is 11.6 Å². The Morgan fingerprint density at radius 3 is 2.42 bits per heavy atom. The number of amides is 3. The fraction of sp³-hybridized carbons (Fsp3) is 0.400. The van der Waals surface area contributed by atoms with Gasteiger partial charge >= 0.3 is 6.09 Å². The van der Waals surface area contributed by atoms with Crippen molar-refractivity contribution in [1.82, 2.24) is 10.5 Å². The summed E-state index contributed by atoms with van der Waals surface area (Å²) in [5, 5.41) is 7.67. The van der Waals surface area contributed by atoms with Crippen LogP contribution in [0.25, 0.3) is 0 Å². The molecule has 1 rings (SSSR count). The van der Waals surface area contributed by atoms with Crippen LogP contribution in [0.5, 0.6) is 0 Å². The molecular weight excluding hydrogens is 332 g/mol. The molecule has 9 heteroatoms. The second kappa shape index (κ2) is 8.05. The van der Waals surface area contributed by atoms with Crippen molar-refractivity contribution in [2.24, 2.45) is 0 Å². The standard InChI is InChI=1S/C15H21BClN3O4/c1-8(18-14(23)24-15(2,3)4)12(21)19-10-7-5-6-9(17)11(10)13(22)20-16/h5-8H,16H2,1-4H3,(H,18,23)(H,19,21)(H,20,22)/t8-/m0/s1. The van der Waals surface area contributed by atoms with Gasteiger partial charge in [-0.2, -0.15) is 0 Å². The highest BCUT2D eigenvalue weighted by atomic mass is 35.5. The normalized spacial score (nSPS) is 12.0. The van der Waals surface area contributed by atoms with E-state index in [1.54, 1.807) is 39.0 Å². The molecule has 0 saturated heterocycles. The number of carbonyl (C=O) groups is 3. The molecule has 0 unspecified atom stereocenters. The van der Waals surface area contributed by atoms with Crippen LogP contribution in [0.15, 0.2) is 18.2 Å². The van der Waals surface area contributed by atoms with E-state index < -0.39 is 29.6 Å². The minimum Gasteiger partial charge on any atom is -0.444 e. The molecule has 0 bridgehead atoms. The highest BCUT2D eigenvalue weighted by Crippen LogP contribution is 2.24. The van der Waals surface area contributed by atoms with Gasteiger partial charge in [-0.15, -0.1) is 0 Å². The quantitative estimate of drug-likeness (QED) is 0.714. The summed E-state index contributed by atoms with van der Waals surface area (Å²) in [5.74, 6) is -0.933. The maximum atomic E-state index is 12.2. The van der Waals surface area contributed by atoms with Gasteiger partial charge in [0.2, 0.25) is 19.8 Å². The zero-order valence-electron chi connectivity index (χ0n) is 14.3. The second-order valence-electron chi connectivity index (χ2n) is 6.10. The molecule has 0 aromatic heterocycles. The molecule has 7 nitrogen and oxygen atoms in total. The Morgan fingerprint density at radius 2 is 1.88 bits per heavy atom. The molecule has 130 valence electrons. The van der Waals surface area contributed by atoms with Gasteiger partial charge in [0.05, 0.1) is 16.3 Å². The molecule has 1 atom stereocenters. The molecule has 0 fully saturated rings. The number of halogens is 1. The maximum absolute atomic E-state index is 12.2. The zero-order chi connectivity index (χ0) is 18.5. The van der Waals surface area contributed by atoms with Crippen molar-refractivity contribution in [1.29, 1.82) is 0 Å². The average molecular weight is 354 g/mol. The minimum absolute atomic E-state index is 0.152. The van der Waals surface area contributed by atoms with Gasteiger partial charge in [-0.25, -0.2) is 4.79 Å². The van der Waals surface area contributed by atoms with Crippen molar-refractivity contribution in [3.8, 4) is 0 Å². The number of hydrogen-bond donors (Lipinski definition) is 3. The number of carbonyl (C=O) groups excluding carboxylic acids is 3. The van der Waals surface area contributed by atoms with Crippen LogP contribution in [-0.2, 0) is 9.53 Å². The lowest BCUT2D eigenvalue weighted by atomic mass is 10.1. The van der Waals surface area contributed by atoms with Crippen LogP contribution in [0, 0.1) is 0 Å². The number of nitrogens with one attached hydrogen (secondary N) is 3. The second-order valence-corrected chi connectivity index (χ2v) is 6.51. The Kier molecular flexibility index (Phi) is 6.65. The Morgan fingerprint density at radius 1 is 1.25 bits per heavy atom. The van der Waals surface area contributed by atoms with E-state index in [1.165, 1.54) is 14.9 Å². The number of rotatable bonds is 4. The molecule has 24 heavy (non-hydrogen) atoms. The Balaban J connectivity index is 2.83. The van der Waals surface area contributed by atoms with Crippen molar-refractivity contribution < 1.29 is 19.1 Å². The zero-order valence-corrected chi connectivity index (χ0v) is 15.1. The molecule has 1 aromatic rings. The number of anilines is 1. The average Bonchev–Trinajstić information content (AvgIpc) is 2.44. The summed E-state index contributed by atoms with van der Waals surface area (Å²) < 4.78 is 5.09. The molecule has 3 N–H and O–H groups in total. The lowest BCUT2D eigenvalue weighted by molar-refractivity contribution is -0.117. The van der Waals surface area contributed by atoms with Crippen molar-refractivity contribution in [3.63, 3.8) is 0 Å². The van der Waals surface area contributed by atoms with E-state index in [0.717, 1.165) is 0 Å². The van der Waals surface area contributed by atoms with Crippen LogP contribution in [-0.4, -0.2) is 37.5 Å². The Bertz CT molecular complexity index is 646. The van der Waals surface area contributed by atoms with Gasteiger partial charge in [0.25, 0.3) is 0 Å². The van der Waals surface area contributed by atoms with Gasteiger partial charge in [0.15, 0.2) is 0 Å². The first-order valence-corrected chi connectivity index (χ1v) is 7.74. The van der Waals surface area contributed by atoms with E-state index >= 15 is 0 Å². The first-order valence-electron chi connectivity index (χ1n) is 7.36. The van der Waals surface area contributed by atoms with Gasteiger partial charge in [0, 0.05) is 0 Å². The summed E-state index contributed by atoms with van der Waals surface area (Å²) in [7, 11) is 1.46. The fourth-order valence-electron chi connectivity index (χ4n) is 1.77. The van der Waals surface area contributed by atoms with Gasteiger partial charge in [-0.3, -0.25) is 9.59 Å². The van der Waals surface area contributed by atoms with Gasteiger partial charge in [-0.05, 0) is 39.8 Å². The topological polar surface area (TPSA) is 96.5 Å². The van der Waals surface area contributed by atoms with Gasteiger partial charge in [-0.1, -0.05) is 17.7 Å². The number of alkyl carbamates (subject to hydrolysis) is 1. The Hall–Kier alpha value is -2.22. The van der Waals surface area contributed by atoms with Crippen LogP contribution in [0.1, 0.15) is 38.1 Å². The van der Waals surface area contributed by atoms with Crippen molar-refractivity contribution in [2.75, 3.05) is 5.32 Å². The van der Waals surface area contributed by atoms with Crippen LogP contribution < -0.4 is 15.9 Å². The summed E-state index contributed by atoms with van der Waals surface area (Å²) in [4.78, 5) is 35.8. The minimum atomic E-state index is -0.864. The lowest BCUT2D eigenvalue weighted by Gasteiger charge is -2.22. The third kappa shape index (κ3) is 5.77. The first kappa shape index (κ1) is 19.8. The highest BCUT2D eigenvalue weighted by molar-refractivity contribution is 6.36. The molecule has 1 aromatic carbocycles. The van der Waals surface area contributed by atoms with Crippen LogP contribution in [0.2, 0.25) is 5.02 Å². The smallest absolute Gasteiger partial charge is 0.408 e. The number of benzene rings is 1. The van der Waals surface area contributed by atoms with Crippen molar-refractivity contribution in [2.45, 2.75) is 39.3 Å². The summed E-state index contributed by atoms with van der Waals surface area (Å²) in [6, 6.07) is 3.84. The molecular formula is C15H21BClN3O4. The predicted octanol–water partition coefficient (Wildman–Crippen LogP) is 1.47. The number of ether oxygens (including phenoxy) is 1. The summed E-state index contributed by atoms with van der Waals surface area (Å²) in [6.45, 7) is 6.67. The third-order valence-electron chi connectivity index (χ3n) is 2.85. The van der Waals surface area contributed by atoms with Gasteiger partial charge in [0.1, 0.15) is 11.6 Å². The molecule has 0 aliphatic rings. The lowest BCUT2D eigenvalue weighted by Crippen LogP contribution is -2.44. The molecule has 0 saturated carbocycles. The van der Waals surface area contributed by atoms with Crippen LogP contribution in [0.3, 0.4) is 0 Å². The van der Waals surface area contributed by atoms with Crippen LogP contribution in [0.4, 0.5) is 10.5 Å². The molecule has 0 heterocycles. The fourth-order valence-corrected chi connectivity index (χ4v) is 2.04. The molecule has 3 amide bonds. The summed E-state index contributed by atoms with van der Waals surface area (Å²) in [6.07, 6.45) is -0.706.